The van der Waals surface area contributed by atoms with Crippen molar-refractivity contribution in [2.45, 2.75) is 45.4 Å². The predicted molar refractivity (Wildman–Crippen MR) is 73.3 cm³/mol. The summed E-state index contributed by atoms with van der Waals surface area (Å²) in [5.41, 5.74) is 0. The summed E-state index contributed by atoms with van der Waals surface area (Å²) in [6, 6.07) is 0. The van der Waals surface area contributed by atoms with E-state index in [1.54, 1.807) is 0 Å². The van der Waals surface area contributed by atoms with E-state index in [9.17, 15) is 0 Å². The zero-order valence-corrected chi connectivity index (χ0v) is 11.5. The van der Waals surface area contributed by atoms with E-state index in [1.165, 1.54) is 64.8 Å². The van der Waals surface area contributed by atoms with Gasteiger partial charge < -0.3 is 15.3 Å². The van der Waals surface area contributed by atoms with Gasteiger partial charge in [0.15, 0.2) is 0 Å². The van der Waals surface area contributed by atoms with Crippen molar-refractivity contribution in [3.8, 4) is 0 Å². The fourth-order valence-electron chi connectivity index (χ4n) is 2.68. The second-order valence-electron chi connectivity index (χ2n) is 5.30. The highest BCUT2D eigenvalue weighted by Crippen LogP contribution is 2.12. The first-order valence-electron chi connectivity index (χ1n) is 7.40. The van der Waals surface area contributed by atoms with Crippen LogP contribution in [0.4, 0.5) is 0 Å². The van der Waals surface area contributed by atoms with E-state index in [4.69, 9.17) is 5.11 Å². The summed E-state index contributed by atoms with van der Waals surface area (Å²) in [4.78, 5) is 2.62. The summed E-state index contributed by atoms with van der Waals surface area (Å²) in [5.74, 6) is 0.855. The molecule has 1 aliphatic heterocycles. The van der Waals surface area contributed by atoms with E-state index in [1.807, 2.05) is 0 Å². The maximum absolute atomic E-state index is 8.77. The number of piperidine rings is 1. The molecule has 3 nitrogen and oxygen atoms in total. The van der Waals surface area contributed by atoms with Gasteiger partial charge in [0.05, 0.1) is 0 Å². The fourth-order valence-corrected chi connectivity index (χ4v) is 2.68. The quantitative estimate of drug-likeness (QED) is 0.606. The fraction of sp³-hybridized carbons (Fsp3) is 1.00. The molecule has 0 aromatic carbocycles. The van der Waals surface area contributed by atoms with Crippen LogP contribution >= 0.6 is 0 Å². The lowest BCUT2D eigenvalue weighted by Gasteiger charge is -2.30. The highest BCUT2D eigenvalue weighted by atomic mass is 16.2. The summed E-state index contributed by atoms with van der Waals surface area (Å²) in [6.45, 7) is 8.73. The first-order valence-corrected chi connectivity index (χ1v) is 7.40. The van der Waals surface area contributed by atoms with Crippen LogP contribution in [0.2, 0.25) is 0 Å². The topological polar surface area (TPSA) is 35.5 Å². The SMILES string of the molecule is CCCN(CCCCCO)CC1CCCNC1. The van der Waals surface area contributed by atoms with Crippen molar-refractivity contribution in [3.05, 3.63) is 0 Å². The number of hydrogen-bond donors (Lipinski definition) is 2. The molecule has 0 aromatic rings. The van der Waals surface area contributed by atoms with Crippen LogP contribution in [0.5, 0.6) is 0 Å². The van der Waals surface area contributed by atoms with Gasteiger partial charge in [-0.05, 0) is 70.6 Å². The van der Waals surface area contributed by atoms with Gasteiger partial charge in [-0.15, -0.1) is 0 Å². The molecule has 0 radical (unpaired) electrons. The Balaban J connectivity index is 2.16. The van der Waals surface area contributed by atoms with Gasteiger partial charge in [0.1, 0.15) is 0 Å². The molecule has 0 aliphatic carbocycles. The zero-order chi connectivity index (χ0) is 12.3. The van der Waals surface area contributed by atoms with Crippen LogP contribution in [0, 0.1) is 5.92 Å². The van der Waals surface area contributed by atoms with Crippen LogP contribution in [0.25, 0.3) is 0 Å². The minimum absolute atomic E-state index is 0.348. The molecular weight excluding hydrogens is 212 g/mol. The molecular formula is C14H30N2O. The molecule has 1 heterocycles. The van der Waals surface area contributed by atoms with Crippen LogP contribution in [0.15, 0.2) is 0 Å². The van der Waals surface area contributed by atoms with Gasteiger partial charge in [-0.3, -0.25) is 0 Å². The molecule has 0 aromatic heterocycles. The lowest BCUT2D eigenvalue weighted by atomic mass is 9.99. The van der Waals surface area contributed by atoms with Crippen molar-refractivity contribution >= 4 is 0 Å². The average Bonchev–Trinajstić information content (AvgIpc) is 2.36. The summed E-state index contributed by atoms with van der Waals surface area (Å²) < 4.78 is 0. The number of unbranched alkanes of at least 4 members (excludes halogenated alkanes) is 2. The third-order valence-corrected chi connectivity index (χ3v) is 3.59. The summed E-state index contributed by atoms with van der Waals surface area (Å²) in [7, 11) is 0. The molecule has 17 heavy (non-hydrogen) atoms. The largest absolute Gasteiger partial charge is 0.396 e. The summed E-state index contributed by atoms with van der Waals surface area (Å²) in [6.07, 6.45) is 7.35. The van der Waals surface area contributed by atoms with E-state index < -0.39 is 0 Å². The van der Waals surface area contributed by atoms with Crippen LogP contribution in [-0.4, -0.2) is 49.3 Å². The Kier molecular flexibility index (Phi) is 8.67. The van der Waals surface area contributed by atoms with E-state index in [0.29, 0.717) is 6.61 Å². The Bertz CT molecular complexity index is 170. The number of aliphatic hydroxyl groups excluding tert-OH is 1. The van der Waals surface area contributed by atoms with Gasteiger partial charge in [-0.2, -0.15) is 0 Å². The van der Waals surface area contributed by atoms with Crippen LogP contribution < -0.4 is 5.32 Å². The second-order valence-corrected chi connectivity index (χ2v) is 5.30. The van der Waals surface area contributed by atoms with Crippen molar-refractivity contribution in [2.75, 3.05) is 39.3 Å². The zero-order valence-electron chi connectivity index (χ0n) is 11.5. The summed E-state index contributed by atoms with van der Waals surface area (Å²) >= 11 is 0. The van der Waals surface area contributed by atoms with E-state index >= 15 is 0 Å². The molecule has 3 heteroatoms. The van der Waals surface area contributed by atoms with E-state index in [-0.39, 0.29) is 0 Å². The number of nitrogens with zero attached hydrogens (tertiary/aromatic N) is 1. The molecule has 0 spiro atoms. The Labute approximate surface area is 107 Å². The predicted octanol–water partition coefficient (Wildman–Crippen LogP) is 1.86. The number of nitrogens with one attached hydrogen (secondary N) is 1. The van der Waals surface area contributed by atoms with Crippen molar-refractivity contribution in [3.63, 3.8) is 0 Å². The molecule has 1 aliphatic rings. The minimum atomic E-state index is 0.348. The molecule has 1 unspecified atom stereocenters. The van der Waals surface area contributed by atoms with Crippen molar-refractivity contribution in [2.24, 2.45) is 5.92 Å². The van der Waals surface area contributed by atoms with Crippen molar-refractivity contribution < 1.29 is 5.11 Å². The number of aliphatic hydroxyl groups is 1. The number of hydrogen-bond acceptors (Lipinski definition) is 3. The highest BCUT2D eigenvalue weighted by Gasteiger charge is 2.16. The van der Waals surface area contributed by atoms with Crippen LogP contribution in [0.3, 0.4) is 0 Å². The molecule has 0 bridgehead atoms. The Morgan fingerprint density at radius 1 is 1.24 bits per heavy atom. The molecule has 102 valence electrons. The normalized spacial score (nSPS) is 21.0. The molecule has 2 N–H and O–H groups in total. The maximum Gasteiger partial charge on any atom is 0.0431 e. The first kappa shape index (κ1) is 14.9. The summed E-state index contributed by atoms with van der Waals surface area (Å²) in [5, 5.41) is 12.3. The van der Waals surface area contributed by atoms with Gasteiger partial charge >= 0.3 is 0 Å². The minimum Gasteiger partial charge on any atom is -0.396 e. The Morgan fingerprint density at radius 2 is 2.12 bits per heavy atom. The molecule has 0 saturated carbocycles. The first-order chi connectivity index (χ1) is 8.36. The van der Waals surface area contributed by atoms with Gasteiger partial charge in [0, 0.05) is 13.2 Å². The van der Waals surface area contributed by atoms with Gasteiger partial charge in [0.2, 0.25) is 0 Å². The smallest absolute Gasteiger partial charge is 0.0431 e. The average molecular weight is 242 g/mol. The van der Waals surface area contributed by atoms with Crippen molar-refractivity contribution in [1.82, 2.24) is 10.2 Å². The Morgan fingerprint density at radius 3 is 2.76 bits per heavy atom. The molecule has 1 atom stereocenters. The molecule has 1 fully saturated rings. The second kappa shape index (κ2) is 9.86. The lowest BCUT2D eigenvalue weighted by Crippen LogP contribution is -2.39. The third kappa shape index (κ3) is 7.02. The maximum atomic E-state index is 8.77. The van der Waals surface area contributed by atoms with Gasteiger partial charge in [-0.25, -0.2) is 0 Å². The van der Waals surface area contributed by atoms with Crippen molar-refractivity contribution in [1.29, 1.82) is 0 Å². The monoisotopic (exact) mass is 242 g/mol. The van der Waals surface area contributed by atoms with E-state index in [2.05, 4.69) is 17.1 Å². The lowest BCUT2D eigenvalue weighted by molar-refractivity contribution is 0.202. The molecule has 0 amide bonds. The van der Waals surface area contributed by atoms with Gasteiger partial charge in [-0.1, -0.05) is 6.92 Å². The number of rotatable bonds is 9. The standard InChI is InChI=1S/C14H30N2O/c1-2-9-16(10-4-3-5-11-17)13-14-7-6-8-15-12-14/h14-15,17H,2-13H2,1H3. The molecule has 1 rings (SSSR count). The van der Waals surface area contributed by atoms with Crippen LogP contribution in [-0.2, 0) is 0 Å². The third-order valence-electron chi connectivity index (χ3n) is 3.59. The molecule has 1 saturated heterocycles. The highest BCUT2D eigenvalue weighted by molar-refractivity contribution is 4.73. The van der Waals surface area contributed by atoms with E-state index in [0.717, 1.165) is 12.3 Å². The van der Waals surface area contributed by atoms with Gasteiger partial charge in [0.25, 0.3) is 0 Å². The van der Waals surface area contributed by atoms with Crippen LogP contribution in [0.1, 0.15) is 45.4 Å². The Hall–Kier alpha value is -0.120.